The van der Waals surface area contributed by atoms with Gasteiger partial charge < -0.3 is 38.0 Å². The highest BCUT2D eigenvalue weighted by molar-refractivity contribution is 6.22. The summed E-state index contributed by atoms with van der Waals surface area (Å²) in [6.45, 7) is 13.2. The molecule has 26 heteroatoms. The van der Waals surface area contributed by atoms with Gasteiger partial charge in [0.25, 0.3) is 0 Å². The van der Waals surface area contributed by atoms with Gasteiger partial charge in [-0.2, -0.15) is 5.10 Å². The zero-order valence-corrected chi connectivity index (χ0v) is 48.4. The van der Waals surface area contributed by atoms with Crippen molar-refractivity contribution in [3.63, 3.8) is 0 Å². The van der Waals surface area contributed by atoms with E-state index < -0.39 is 87.9 Å². The van der Waals surface area contributed by atoms with Crippen LogP contribution >= 0.6 is 0 Å². The van der Waals surface area contributed by atoms with Crippen LogP contribution in [0.15, 0.2) is 116 Å². The number of nitrogens with one attached hydrogen (secondary N) is 6. The third kappa shape index (κ3) is 9.13. The average Bonchev–Trinajstić information content (AvgIpc) is 1.09. The van der Waals surface area contributed by atoms with Crippen molar-refractivity contribution in [2.45, 2.75) is 116 Å². The lowest BCUT2D eigenvalue weighted by molar-refractivity contribution is -0.154. The maximum Gasteiger partial charge on any atom is 0.328 e. The zero-order valence-electron chi connectivity index (χ0n) is 48.4. The molecule has 0 bridgehead atoms. The molecule has 6 aromatic rings. The van der Waals surface area contributed by atoms with Gasteiger partial charge in [0, 0.05) is 85.3 Å². The molecule has 9 aliphatic heterocycles. The van der Waals surface area contributed by atoms with Gasteiger partial charge >= 0.3 is 18.1 Å². The molecule has 0 saturated carbocycles. The van der Waals surface area contributed by atoms with E-state index in [4.69, 9.17) is 14.2 Å². The molecule has 26 nitrogen and oxygen atoms in total. The first kappa shape index (κ1) is 56.6. The van der Waals surface area contributed by atoms with Gasteiger partial charge in [-0.15, -0.1) is 0 Å². The van der Waals surface area contributed by atoms with E-state index in [9.17, 15) is 43.2 Å². The van der Waals surface area contributed by atoms with Gasteiger partial charge in [0.15, 0.2) is 16.2 Å². The van der Waals surface area contributed by atoms with Crippen LogP contribution in [0.4, 0.5) is 31.4 Å². The molecule has 87 heavy (non-hydrogen) atoms. The van der Waals surface area contributed by atoms with Crippen molar-refractivity contribution in [3.8, 4) is 17.1 Å². The average molecular weight is 1190 g/mol. The van der Waals surface area contributed by atoms with E-state index in [-0.39, 0.29) is 55.9 Å². The standard InChI is InChI=1S/C21H22N4O4.2C20H21N5O4/c1-12-11-25-16-6-5-15(24-7-3-4-8-24)9-14(16)10-21(17(25)13(2)29-12)18(26)22-20(28)23-19(21)27;1-11-10-24-15-5-4-14(25-7-3-6-21-25)8-13(15)9-20(16(24)12(2)29-11)17(26)22-19(28)23-18(20)27;1-11-9-25-15-4-3-14(24-6-5-21-10-24)7-13(15)8-20(16(25)12(2)29-11)17(26)22-19(28)23-18(20)27/h3-9,12-13,17H,10-11H2,1-2H3,(H2,22,23,26,27,28);3-8,11-12,16H,9-10H2,1-2H3,(H2,22,23,26,27,28);3-7,10-12,16H,8-9H2,1-2H3,(H2,22,23,26,27,28)/t12-,13+,17-;2*11-,12+,16-/m111/s1. The van der Waals surface area contributed by atoms with Crippen molar-refractivity contribution < 1.29 is 57.4 Å². The lowest BCUT2D eigenvalue weighted by atomic mass is 9.66. The number of imidazole rings is 1. The highest BCUT2D eigenvalue weighted by Gasteiger charge is 2.66. The molecule has 3 aromatic heterocycles. The molecular formula is C61H64N14O12. The Morgan fingerprint density at radius 2 is 0.782 bits per heavy atom. The molecular weight excluding hydrogens is 1120 g/mol. The number of fused-ring (bicyclic) bond motifs is 12. The van der Waals surface area contributed by atoms with Gasteiger partial charge in [0.2, 0.25) is 35.4 Å². The number of nitrogens with zero attached hydrogens (tertiary/aromatic N) is 8. The first-order valence-corrected chi connectivity index (χ1v) is 29.0. The van der Waals surface area contributed by atoms with Crippen LogP contribution in [0.1, 0.15) is 58.2 Å². The number of amides is 12. The van der Waals surface area contributed by atoms with Crippen LogP contribution in [-0.4, -0.2) is 152 Å². The summed E-state index contributed by atoms with van der Waals surface area (Å²) in [5.41, 5.74) is 3.89. The highest BCUT2D eigenvalue weighted by Crippen LogP contribution is 2.50. The maximum atomic E-state index is 13.1. The van der Waals surface area contributed by atoms with Crippen molar-refractivity contribution in [2.75, 3.05) is 34.3 Å². The van der Waals surface area contributed by atoms with Crippen LogP contribution in [0.2, 0.25) is 0 Å². The number of imide groups is 6. The van der Waals surface area contributed by atoms with E-state index in [1.807, 2.05) is 148 Å². The number of urea groups is 3. The molecule has 6 fully saturated rings. The smallest absolute Gasteiger partial charge is 0.328 e. The van der Waals surface area contributed by atoms with Crippen molar-refractivity contribution in [1.82, 2.24) is 55.8 Å². The Bertz CT molecular complexity index is 3380. The van der Waals surface area contributed by atoms with E-state index in [2.05, 4.69) is 56.7 Å². The van der Waals surface area contributed by atoms with Gasteiger partial charge in [-0.3, -0.25) is 60.7 Å². The molecule has 12 amide bonds. The highest BCUT2D eigenvalue weighted by atomic mass is 16.5. The second-order valence-electron chi connectivity index (χ2n) is 23.9. The Morgan fingerprint density at radius 3 is 1.13 bits per heavy atom. The molecule has 15 rings (SSSR count). The molecule has 3 aromatic carbocycles. The first-order valence-electron chi connectivity index (χ1n) is 29.0. The summed E-state index contributed by atoms with van der Waals surface area (Å²) in [4.78, 5) is 124. The van der Waals surface area contributed by atoms with Crippen LogP contribution in [-0.2, 0) is 62.2 Å². The molecule has 6 N–H and O–H groups in total. The minimum absolute atomic E-state index is 0.0512. The molecule has 12 heterocycles. The normalized spacial score (nSPS) is 27.9. The number of carbonyl (C=O) groups is 9. The Balaban J connectivity index is 0.000000121. The van der Waals surface area contributed by atoms with Gasteiger partial charge in [-0.05, 0) is 150 Å². The maximum absolute atomic E-state index is 13.1. The number of carbonyl (C=O) groups excluding carboxylic acids is 9. The minimum Gasteiger partial charge on any atom is -0.372 e. The fraction of sp³-hybridized carbons (Fsp3) is 0.393. The lowest BCUT2D eigenvalue weighted by Crippen LogP contribution is -2.75. The molecule has 0 aliphatic carbocycles. The van der Waals surface area contributed by atoms with E-state index in [0.29, 0.717) is 19.6 Å². The summed E-state index contributed by atoms with van der Waals surface area (Å²) >= 11 is 0. The number of benzene rings is 3. The molecule has 0 unspecified atom stereocenters. The van der Waals surface area contributed by atoms with Crippen LogP contribution in [0.3, 0.4) is 0 Å². The Morgan fingerprint density at radius 1 is 0.425 bits per heavy atom. The minimum atomic E-state index is -1.46. The predicted octanol–water partition coefficient (Wildman–Crippen LogP) is 2.89. The summed E-state index contributed by atoms with van der Waals surface area (Å²) in [6.07, 6.45) is 11.9. The molecule has 3 spiro atoms. The summed E-state index contributed by atoms with van der Waals surface area (Å²) in [5.74, 6) is -3.45. The van der Waals surface area contributed by atoms with Gasteiger partial charge in [0.05, 0.1) is 66.8 Å². The number of anilines is 3. The second kappa shape index (κ2) is 21.2. The number of hydrogen-bond acceptors (Lipinski definition) is 17. The van der Waals surface area contributed by atoms with Crippen LogP contribution < -0.4 is 46.6 Å². The van der Waals surface area contributed by atoms with E-state index in [0.717, 1.165) is 50.8 Å². The number of hydrogen-bond donors (Lipinski definition) is 6. The summed E-state index contributed by atoms with van der Waals surface area (Å²) in [6, 6.07) is 19.8. The fourth-order valence-electron chi connectivity index (χ4n) is 15.1. The third-order valence-corrected chi connectivity index (χ3v) is 18.4. The van der Waals surface area contributed by atoms with E-state index in [1.165, 1.54) is 0 Å². The Labute approximate surface area is 498 Å². The van der Waals surface area contributed by atoms with Crippen LogP contribution in [0.5, 0.6) is 0 Å². The molecule has 9 atom stereocenters. The van der Waals surface area contributed by atoms with Gasteiger partial charge in [-0.1, -0.05) is 0 Å². The Kier molecular flexibility index (Phi) is 13.8. The van der Waals surface area contributed by atoms with Gasteiger partial charge in [0.1, 0.15) is 0 Å². The van der Waals surface area contributed by atoms with Crippen LogP contribution in [0.25, 0.3) is 17.1 Å². The van der Waals surface area contributed by atoms with Gasteiger partial charge in [-0.25, -0.2) is 24.0 Å². The summed E-state index contributed by atoms with van der Waals surface area (Å²) < 4.78 is 23.6. The third-order valence-electron chi connectivity index (χ3n) is 18.4. The largest absolute Gasteiger partial charge is 0.372 e. The van der Waals surface area contributed by atoms with E-state index in [1.54, 1.807) is 23.4 Å². The first-order chi connectivity index (χ1) is 41.7. The van der Waals surface area contributed by atoms with Crippen molar-refractivity contribution in [2.24, 2.45) is 16.2 Å². The quantitative estimate of drug-likeness (QED) is 0.139. The number of aromatic nitrogens is 5. The predicted molar refractivity (Wildman–Crippen MR) is 310 cm³/mol. The van der Waals surface area contributed by atoms with Crippen molar-refractivity contribution in [3.05, 3.63) is 133 Å². The molecule has 6 saturated heterocycles. The summed E-state index contributed by atoms with van der Waals surface area (Å²) in [7, 11) is 0. The zero-order chi connectivity index (χ0) is 61.0. The van der Waals surface area contributed by atoms with Crippen LogP contribution in [0, 0.1) is 16.2 Å². The van der Waals surface area contributed by atoms with E-state index >= 15 is 0 Å². The number of morpholine rings is 3. The fourth-order valence-corrected chi connectivity index (χ4v) is 15.1. The molecule has 9 aliphatic rings. The number of barbiturate groups is 3. The molecule has 0 radical (unpaired) electrons. The monoisotopic (exact) mass is 1180 g/mol. The van der Waals surface area contributed by atoms with Crippen molar-refractivity contribution >= 4 is 70.6 Å². The summed E-state index contributed by atoms with van der Waals surface area (Å²) in [5, 5.41) is 18.1. The SMILES string of the molecule is C[C@@H]1CN2c3ccc(-n4cccc4)cc3CC3(C(=O)NC(=O)NC3=O)[C@H]2[C@H](C)O1.C[C@@H]1CN2c3ccc(-n4cccn4)cc3CC3(C(=O)NC(=O)NC3=O)[C@H]2[C@H](C)O1.C[C@@H]1CN2c3ccc(-n4ccnc4)cc3CC3(C(=O)NC(=O)NC3=O)[C@H]2[C@H](C)O1. The molecule has 450 valence electrons. The second-order valence-corrected chi connectivity index (χ2v) is 23.9. The Hall–Kier alpha value is -9.53. The topological polar surface area (TPSA) is 304 Å². The number of rotatable bonds is 3. The number of ether oxygens (including phenoxy) is 3. The van der Waals surface area contributed by atoms with Crippen molar-refractivity contribution in [1.29, 1.82) is 0 Å². The lowest BCUT2D eigenvalue weighted by Gasteiger charge is -2.55.